The number of benzene rings is 1. The van der Waals surface area contributed by atoms with Crippen molar-refractivity contribution in [1.29, 1.82) is 0 Å². The first-order valence-electron chi connectivity index (χ1n) is 11.0. The van der Waals surface area contributed by atoms with Crippen LogP contribution in [0.25, 0.3) is 11.1 Å². The molecule has 0 bridgehead atoms. The third-order valence-corrected chi connectivity index (χ3v) is 5.86. The Balaban J connectivity index is 1.57. The molecule has 0 aliphatic carbocycles. The minimum Gasteiger partial charge on any atom is -0.347 e. The van der Waals surface area contributed by atoms with Crippen LogP contribution in [0, 0.1) is 12.7 Å². The van der Waals surface area contributed by atoms with Gasteiger partial charge in [0.15, 0.2) is 0 Å². The molecule has 0 radical (unpaired) electrons. The number of carbonyl (C=O) groups excluding carboxylic acids is 1. The second kappa shape index (κ2) is 9.46. The van der Waals surface area contributed by atoms with E-state index in [4.69, 9.17) is 4.98 Å². The van der Waals surface area contributed by atoms with Crippen LogP contribution in [0.3, 0.4) is 0 Å². The van der Waals surface area contributed by atoms with Crippen LogP contribution in [0.1, 0.15) is 36.6 Å². The Morgan fingerprint density at radius 2 is 2.03 bits per heavy atom. The molecule has 0 saturated carbocycles. The molecule has 1 atom stereocenters. The summed E-state index contributed by atoms with van der Waals surface area (Å²) >= 11 is 0. The number of aromatic nitrogens is 4. The Labute approximate surface area is 187 Å². The number of aryl methyl sites for hydroxylation is 2. The van der Waals surface area contributed by atoms with Crippen molar-refractivity contribution in [1.82, 2.24) is 24.6 Å². The third kappa shape index (κ3) is 4.79. The average Bonchev–Trinajstić information content (AvgIpc) is 3.22. The van der Waals surface area contributed by atoms with Crippen LogP contribution in [0.4, 0.5) is 10.3 Å². The van der Waals surface area contributed by atoms with Gasteiger partial charge in [-0.1, -0.05) is 18.2 Å². The van der Waals surface area contributed by atoms with Gasteiger partial charge in [0.05, 0.1) is 11.4 Å². The molecule has 1 aliphatic rings. The van der Waals surface area contributed by atoms with Crippen molar-refractivity contribution in [3.63, 3.8) is 0 Å². The van der Waals surface area contributed by atoms with Gasteiger partial charge in [0.2, 0.25) is 11.9 Å². The second-order valence-electron chi connectivity index (χ2n) is 8.49. The van der Waals surface area contributed by atoms with Crippen molar-refractivity contribution >= 4 is 11.9 Å². The minimum atomic E-state index is -0.298. The molecule has 0 N–H and O–H groups in total. The van der Waals surface area contributed by atoms with Crippen molar-refractivity contribution < 1.29 is 9.18 Å². The molecule has 168 valence electrons. The zero-order chi connectivity index (χ0) is 22.7. The Hall–Kier alpha value is -3.29. The molecule has 1 unspecified atom stereocenters. The van der Waals surface area contributed by atoms with Crippen LogP contribution < -0.4 is 4.90 Å². The predicted octanol–water partition coefficient (Wildman–Crippen LogP) is 3.65. The Bertz CT molecular complexity index is 1100. The molecule has 32 heavy (non-hydrogen) atoms. The molecule has 2 aromatic heterocycles. The van der Waals surface area contributed by atoms with Gasteiger partial charge in [0.25, 0.3) is 0 Å². The van der Waals surface area contributed by atoms with Gasteiger partial charge in [0.1, 0.15) is 5.82 Å². The van der Waals surface area contributed by atoms with E-state index in [-0.39, 0.29) is 17.6 Å². The van der Waals surface area contributed by atoms with Crippen LogP contribution >= 0.6 is 0 Å². The van der Waals surface area contributed by atoms with Crippen molar-refractivity contribution in [2.75, 3.05) is 32.1 Å². The van der Waals surface area contributed by atoms with Gasteiger partial charge in [-0.3, -0.25) is 9.48 Å². The van der Waals surface area contributed by atoms with E-state index in [0.29, 0.717) is 36.6 Å². The number of nitrogens with zero attached hydrogens (tertiary/aromatic N) is 6. The molecule has 1 amide bonds. The molecular weight excluding hydrogens is 407 g/mol. The van der Waals surface area contributed by atoms with Gasteiger partial charge in [-0.2, -0.15) is 5.10 Å². The van der Waals surface area contributed by atoms with E-state index in [1.54, 1.807) is 23.0 Å². The maximum absolute atomic E-state index is 14.6. The summed E-state index contributed by atoms with van der Waals surface area (Å²) in [5, 5.41) is 4.36. The highest BCUT2D eigenvalue weighted by atomic mass is 19.1. The lowest BCUT2D eigenvalue weighted by Gasteiger charge is -2.33. The lowest BCUT2D eigenvalue weighted by molar-refractivity contribution is -0.132. The summed E-state index contributed by atoms with van der Waals surface area (Å²) in [5.41, 5.74) is 2.93. The lowest BCUT2D eigenvalue weighted by Crippen LogP contribution is -2.40. The molecule has 1 fully saturated rings. The van der Waals surface area contributed by atoms with Crippen molar-refractivity contribution in [3.05, 3.63) is 59.9 Å². The van der Waals surface area contributed by atoms with Crippen molar-refractivity contribution in [2.45, 2.75) is 38.6 Å². The smallest absolute Gasteiger partial charge is 0.225 e. The Kier molecular flexibility index (Phi) is 6.48. The maximum atomic E-state index is 14.6. The fourth-order valence-corrected chi connectivity index (χ4v) is 4.18. The lowest BCUT2D eigenvalue weighted by atomic mass is 9.89. The van der Waals surface area contributed by atoms with E-state index in [1.165, 1.54) is 6.07 Å². The summed E-state index contributed by atoms with van der Waals surface area (Å²) in [7, 11) is 3.77. The Morgan fingerprint density at radius 3 is 2.75 bits per heavy atom. The largest absolute Gasteiger partial charge is 0.347 e. The van der Waals surface area contributed by atoms with Crippen LogP contribution in [0.2, 0.25) is 0 Å². The van der Waals surface area contributed by atoms with E-state index >= 15 is 0 Å². The minimum absolute atomic E-state index is 0.0240. The highest BCUT2D eigenvalue weighted by molar-refractivity contribution is 5.76. The number of likely N-dealkylation sites (tertiary alicyclic amines) is 1. The summed E-state index contributed by atoms with van der Waals surface area (Å²) in [4.78, 5) is 25.9. The van der Waals surface area contributed by atoms with E-state index in [2.05, 4.69) is 10.1 Å². The molecule has 3 aromatic rings. The van der Waals surface area contributed by atoms with Crippen molar-refractivity contribution in [2.24, 2.45) is 0 Å². The normalized spacial score (nSPS) is 16.2. The first-order chi connectivity index (χ1) is 15.4. The summed E-state index contributed by atoms with van der Waals surface area (Å²) in [6.07, 6.45) is 5.78. The standard InChI is InChI=1S/C24H29FN6O/c1-17-10-13-31(28-17)14-11-22(32)30-12-6-7-18(16-30)23-20(15-26-24(27-23)29(2)3)19-8-4-5-9-21(19)25/h4-5,8-10,13,15,18H,6-7,11-12,14,16H2,1-3H3. The molecule has 7 nitrogen and oxygen atoms in total. The first kappa shape index (κ1) is 21.9. The SMILES string of the molecule is Cc1ccn(CCC(=O)N2CCCC(c3nc(N(C)C)ncc3-c3ccccc3F)C2)n1. The molecule has 4 rings (SSSR count). The van der Waals surface area contributed by atoms with Crippen LogP contribution in [-0.2, 0) is 11.3 Å². The van der Waals surface area contributed by atoms with Gasteiger partial charge in [-0.05, 0) is 31.9 Å². The number of carbonyl (C=O) groups is 1. The maximum Gasteiger partial charge on any atom is 0.225 e. The number of hydrogen-bond acceptors (Lipinski definition) is 5. The van der Waals surface area contributed by atoms with Gasteiger partial charge >= 0.3 is 0 Å². The Morgan fingerprint density at radius 1 is 1.22 bits per heavy atom. The zero-order valence-corrected chi connectivity index (χ0v) is 18.8. The predicted molar refractivity (Wildman–Crippen MR) is 122 cm³/mol. The van der Waals surface area contributed by atoms with Gasteiger partial charge in [0, 0.05) is 69.6 Å². The number of halogens is 1. The molecule has 0 spiro atoms. The van der Waals surface area contributed by atoms with E-state index in [0.717, 1.165) is 30.8 Å². The number of hydrogen-bond donors (Lipinski definition) is 0. The number of piperidine rings is 1. The van der Waals surface area contributed by atoms with Gasteiger partial charge in [-0.15, -0.1) is 0 Å². The van der Waals surface area contributed by atoms with Gasteiger partial charge in [-0.25, -0.2) is 14.4 Å². The summed E-state index contributed by atoms with van der Waals surface area (Å²) < 4.78 is 16.4. The topological polar surface area (TPSA) is 67.2 Å². The quantitative estimate of drug-likeness (QED) is 0.590. The molecule has 3 heterocycles. The van der Waals surface area contributed by atoms with E-state index in [1.807, 2.05) is 49.1 Å². The molecule has 1 aliphatic heterocycles. The number of rotatable bonds is 6. The fraction of sp³-hybridized carbons (Fsp3) is 0.417. The average molecular weight is 437 g/mol. The zero-order valence-electron chi connectivity index (χ0n) is 18.8. The monoisotopic (exact) mass is 436 g/mol. The summed E-state index contributed by atoms with van der Waals surface area (Å²) in [5.74, 6) is 0.416. The second-order valence-corrected chi connectivity index (χ2v) is 8.49. The molecule has 1 saturated heterocycles. The van der Waals surface area contributed by atoms with Gasteiger partial charge < -0.3 is 9.80 Å². The summed E-state index contributed by atoms with van der Waals surface area (Å²) in [6, 6.07) is 8.63. The summed E-state index contributed by atoms with van der Waals surface area (Å²) in [6.45, 7) is 3.80. The van der Waals surface area contributed by atoms with Crippen LogP contribution in [0.5, 0.6) is 0 Å². The molecular formula is C24H29FN6O. The molecule has 1 aromatic carbocycles. The number of amides is 1. The highest BCUT2D eigenvalue weighted by Crippen LogP contribution is 2.35. The highest BCUT2D eigenvalue weighted by Gasteiger charge is 2.28. The van der Waals surface area contributed by atoms with E-state index < -0.39 is 0 Å². The third-order valence-electron chi connectivity index (χ3n) is 5.86. The van der Waals surface area contributed by atoms with E-state index in [9.17, 15) is 9.18 Å². The van der Waals surface area contributed by atoms with Crippen LogP contribution in [-0.4, -0.2) is 57.7 Å². The van der Waals surface area contributed by atoms with Crippen molar-refractivity contribution in [3.8, 4) is 11.1 Å². The first-order valence-corrected chi connectivity index (χ1v) is 11.0. The number of anilines is 1. The van der Waals surface area contributed by atoms with Crippen LogP contribution in [0.15, 0.2) is 42.7 Å². The fourth-order valence-electron chi connectivity index (χ4n) is 4.18. The molecule has 8 heteroatoms.